The van der Waals surface area contributed by atoms with E-state index < -0.39 is 0 Å². The number of hydrogen-bond donors (Lipinski definition) is 0. The standard InChI is InChI=1S/C14H17INS/c1-15-11-8-6-10(7-9-11)14-16-12-4-2-3-5-13(12)17-14/h2-5,10-11H,6-9H2,1H3/q-1. The number of rotatable bonds is 2. The van der Waals surface area contributed by atoms with Crippen LogP contribution in [0, 0.1) is 0 Å². The molecule has 0 unspecified atom stereocenters. The van der Waals surface area contributed by atoms with Gasteiger partial charge in [-0.1, -0.05) is 0 Å². The van der Waals surface area contributed by atoms with Gasteiger partial charge in [0.1, 0.15) is 0 Å². The first kappa shape index (κ1) is 11.9. The SMILES string of the molecule is C[I-]C1CCC(c2nc3ccccc3s2)CC1. The van der Waals surface area contributed by atoms with Gasteiger partial charge in [-0.3, -0.25) is 0 Å². The number of alkyl halides is 2. The molecule has 0 N–H and O–H groups in total. The molecule has 0 atom stereocenters. The maximum absolute atomic E-state index is 4.81. The molecule has 3 heteroatoms. The average molecular weight is 358 g/mol. The van der Waals surface area contributed by atoms with Crippen LogP contribution in [0.4, 0.5) is 0 Å². The van der Waals surface area contributed by atoms with Gasteiger partial charge < -0.3 is 0 Å². The summed E-state index contributed by atoms with van der Waals surface area (Å²) in [6, 6.07) is 8.53. The normalized spacial score (nSPS) is 25.5. The van der Waals surface area contributed by atoms with Crippen LogP contribution in [0.15, 0.2) is 24.3 Å². The third kappa shape index (κ3) is 2.50. The van der Waals surface area contributed by atoms with Crippen molar-refractivity contribution in [1.29, 1.82) is 0 Å². The summed E-state index contributed by atoms with van der Waals surface area (Å²) in [5, 5.41) is 1.39. The van der Waals surface area contributed by atoms with Gasteiger partial charge in [-0.15, -0.1) is 0 Å². The zero-order valence-corrected chi connectivity index (χ0v) is 13.0. The molecule has 17 heavy (non-hydrogen) atoms. The fourth-order valence-electron chi connectivity index (χ4n) is 2.58. The summed E-state index contributed by atoms with van der Waals surface area (Å²) < 4.78 is 2.44. The van der Waals surface area contributed by atoms with Crippen LogP contribution >= 0.6 is 11.3 Å². The molecule has 3 rings (SSSR count). The van der Waals surface area contributed by atoms with E-state index in [-0.39, 0.29) is 0 Å². The molecule has 1 aliphatic rings. The Balaban J connectivity index is 1.80. The van der Waals surface area contributed by atoms with Crippen LogP contribution in [0.3, 0.4) is 0 Å². The van der Waals surface area contributed by atoms with E-state index >= 15 is 0 Å². The molecule has 92 valence electrons. The van der Waals surface area contributed by atoms with Crippen LogP contribution in [0.2, 0.25) is 0 Å². The van der Waals surface area contributed by atoms with Gasteiger partial charge in [0.15, 0.2) is 0 Å². The van der Waals surface area contributed by atoms with Gasteiger partial charge in [0.25, 0.3) is 0 Å². The van der Waals surface area contributed by atoms with Gasteiger partial charge in [0.05, 0.1) is 0 Å². The third-order valence-electron chi connectivity index (χ3n) is 3.62. The van der Waals surface area contributed by atoms with Crippen molar-refractivity contribution in [2.45, 2.75) is 35.5 Å². The number of fused-ring (bicyclic) bond motifs is 1. The molecule has 0 amide bonds. The molecular weight excluding hydrogens is 341 g/mol. The summed E-state index contributed by atoms with van der Waals surface area (Å²) in [7, 11) is 0. The molecule has 1 nitrogen and oxygen atoms in total. The minimum atomic E-state index is 0.460. The summed E-state index contributed by atoms with van der Waals surface area (Å²) in [5.41, 5.74) is 1.19. The third-order valence-corrected chi connectivity index (χ3v) is 7.83. The number of para-hydroxylation sites is 1. The molecule has 0 saturated heterocycles. The van der Waals surface area contributed by atoms with Crippen molar-refractivity contribution in [2.75, 3.05) is 4.93 Å². The van der Waals surface area contributed by atoms with Gasteiger partial charge in [0.2, 0.25) is 0 Å². The molecule has 1 saturated carbocycles. The number of halogens is 1. The van der Waals surface area contributed by atoms with Gasteiger partial charge in [-0.25, -0.2) is 0 Å². The van der Waals surface area contributed by atoms with Crippen LogP contribution in [-0.4, -0.2) is 13.8 Å². The van der Waals surface area contributed by atoms with Gasteiger partial charge in [-0.2, -0.15) is 0 Å². The van der Waals surface area contributed by atoms with Crippen molar-refractivity contribution in [3.8, 4) is 0 Å². The van der Waals surface area contributed by atoms with Crippen molar-refractivity contribution in [3.05, 3.63) is 29.3 Å². The van der Waals surface area contributed by atoms with Crippen LogP contribution in [0.5, 0.6) is 0 Å². The number of benzene rings is 1. The van der Waals surface area contributed by atoms with Gasteiger partial charge in [0, 0.05) is 0 Å². The minimum absolute atomic E-state index is 0.460. The van der Waals surface area contributed by atoms with E-state index in [4.69, 9.17) is 4.98 Å². The number of thiazole rings is 1. The quantitative estimate of drug-likeness (QED) is 0.578. The fraction of sp³-hybridized carbons (Fsp3) is 0.500. The zero-order valence-electron chi connectivity index (χ0n) is 10.0. The molecule has 1 aromatic heterocycles. The van der Waals surface area contributed by atoms with E-state index in [0.717, 1.165) is 9.84 Å². The second kappa shape index (κ2) is 5.22. The summed E-state index contributed by atoms with van der Waals surface area (Å²) >= 11 is 2.37. The van der Waals surface area contributed by atoms with E-state index in [9.17, 15) is 0 Å². The predicted octanol–water partition coefficient (Wildman–Crippen LogP) is 1.04. The Morgan fingerprint density at radius 3 is 2.65 bits per heavy atom. The Hall–Kier alpha value is -0.160. The monoisotopic (exact) mass is 358 g/mol. The van der Waals surface area contributed by atoms with Crippen molar-refractivity contribution >= 4 is 21.6 Å². The molecule has 0 spiro atoms. The predicted molar refractivity (Wildman–Crippen MR) is 70.5 cm³/mol. The first-order valence-electron chi connectivity index (χ1n) is 6.20. The number of hydrogen-bond acceptors (Lipinski definition) is 2. The topological polar surface area (TPSA) is 12.9 Å². The molecule has 0 radical (unpaired) electrons. The Morgan fingerprint density at radius 1 is 1.18 bits per heavy atom. The number of aromatic nitrogens is 1. The van der Waals surface area contributed by atoms with Gasteiger partial charge >= 0.3 is 117 Å². The average Bonchev–Trinajstić information content (AvgIpc) is 2.82. The molecule has 1 aromatic carbocycles. The molecular formula is C14H17INS-. The molecule has 0 aliphatic heterocycles. The van der Waals surface area contributed by atoms with E-state index in [2.05, 4.69) is 29.2 Å². The molecule has 2 aromatic rings. The van der Waals surface area contributed by atoms with Gasteiger partial charge in [-0.05, 0) is 0 Å². The van der Waals surface area contributed by atoms with E-state index in [1.165, 1.54) is 40.9 Å². The summed E-state index contributed by atoms with van der Waals surface area (Å²) in [6.07, 6.45) is 5.64. The Morgan fingerprint density at radius 2 is 1.94 bits per heavy atom. The van der Waals surface area contributed by atoms with E-state index in [0.29, 0.717) is 21.2 Å². The van der Waals surface area contributed by atoms with Crippen molar-refractivity contribution in [3.63, 3.8) is 0 Å². The van der Waals surface area contributed by atoms with E-state index in [1.807, 2.05) is 11.3 Å². The fourth-order valence-corrected chi connectivity index (χ4v) is 5.68. The second-order valence-electron chi connectivity index (χ2n) is 4.69. The van der Waals surface area contributed by atoms with Crippen LogP contribution in [0.25, 0.3) is 10.2 Å². The zero-order chi connectivity index (χ0) is 11.7. The Kier molecular flexibility index (Phi) is 3.66. The first-order chi connectivity index (χ1) is 8.36. The Bertz CT molecular complexity index is 467. The molecule has 1 fully saturated rings. The molecule has 0 bridgehead atoms. The van der Waals surface area contributed by atoms with Crippen molar-refractivity contribution in [2.24, 2.45) is 0 Å². The van der Waals surface area contributed by atoms with Crippen LogP contribution in [0.1, 0.15) is 36.6 Å². The van der Waals surface area contributed by atoms with E-state index in [1.54, 1.807) is 0 Å². The molecule has 1 heterocycles. The van der Waals surface area contributed by atoms with Crippen LogP contribution < -0.4 is 21.2 Å². The summed E-state index contributed by atoms with van der Waals surface area (Å²) in [5.74, 6) is 0.749. The summed E-state index contributed by atoms with van der Waals surface area (Å²) in [4.78, 5) is 7.25. The molecule has 1 aliphatic carbocycles. The Labute approximate surface area is 117 Å². The van der Waals surface area contributed by atoms with Crippen LogP contribution in [-0.2, 0) is 0 Å². The van der Waals surface area contributed by atoms with Crippen molar-refractivity contribution < 1.29 is 21.2 Å². The summed E-state index contributed by atoms with van der Waals surface area (Å²) in [6.45, 7) is 0. The maximum atomic E-state index is 4.81. The second-order valence-corrected chi connectivity index (χ2v) is 8.76. The number of nitrogens with zero attached hydrogens (tertiary/aromatic N) is 1. The first-order valence-corrected chi connectivity index (χ1v) is 10.4. The van der Waals surface area contributed by atoms with Crippen molar-refractivity contribution in [1.82, 2.24) is 4.98 Å².